The Morgan fingerprint density at radius 2 is 1.94 bits per heavy atom. The lowest BCUT2D eigenvalue weighted by Crippen LogP contribution is -2.43. The van der Waals surface area contributed by atoms with Gasteiger partial charge in [-0.2, -0.15) is 5.26 Å². The summed E-state index contributed by atoms with van der Waals surface area (Å²) in [7, 11) is 0. The van der Waals surface area contributed by atoms with Gasteiger partial charge >= 0.3 is 0 Å². The Morgan fingerprint density at radius 1 is 1.28 bits per heavy atom. The fraction of sp³-hybridized carbons (Fsp3) is 0.933. The molecule has 0 amide bonds. The molecule has 0 heterocycles. The summed E-state index contributed by atoms with van der Waals surface area (Å²) < 4.78 is 5.78. The molecule has 0 fully saturated rings. The normalized spacial score (nSPS) is 16.3. The first kappa shape index (κ1) is 17.4. The molecule has 0 saturated carbocycles. The van der Waals surface area contributed by atoms with Gasteiger partial charge < -0.3 is 4.74 Å². The van der Waals surface area contributed by atoms with E-state index in [-0.39, 0.29) is 5.54 Å². The monoisotopic (exact) mass is 254 g/mol. The van der Waals surface area contributed by atoms with Gasteiger partial charge in [0.05, 0.1) is 12.2 Å². The zero-order valence-electron chi connectivity index (χ0n) is 12.8. The molecule has 0 aromatic heterocycles. The van der Waals surface area contributed by atoms with Crippen LogP contribution in [0.25, 0.3) is 0 Å². The Bertz CT molecular complexity index is 247. The van der Waals surface area contributed by atoms with Gasteiger partial charge in [-0.1, -0.05) is 27.7 Å². The van der Waals surface area contributed by atoms with Gasteiger partial charge in [0.2, 0.25) is 0 Å². The topological polar surface area (TPSA) is 45.0 Å². The second-order valence-corrected chi connectivity index (χ2v) is 5.49. The van der Waals surface area contributed by atoms with Crippen LogP contribution < -0.4 is 5.32 Å². The van der Waals surface area contributed by atoms with Crippen molar-refractivity contribution < 1.29 is 4.74 Å². The van der Waals surface area contributed by atoms with E-state index in [1.807, 2.05) is 6.92 Å². The summed E-state index contributed by atoms with van der Waals surface area (Å²) in [5.74, 6) is 0.676. The summed E-state index contributed by atoms with van der Waals surface area (Å²) in [5.41, 5.74) is -0.362. The highest BCUT2D eigenvalue weighted by Crippen LogP contribution is 2.17. The average molecular weight is 254 g/mol. The number of nitrogens with zero attached hydrogens (tertiary/aromatic N) is 1. The fourth-order valence-corrected chi connectivity index (χ4v) is 2.29. The van der Waals surface area contributed by atoms with Crippen molar-refractivity contribution in [2.75, 3.05) is 13.2 Å². The zero-order valence-corrected chi connectivity index (χ0v) is 12.8. The molecule has 0 aliphatic heterocycles. The Balaban J connectivity index is 3.91. The van der Waals surface area contributed by atoms with Gasteiger partial charge in [-0.3, -0.25) is 5.32 Å². The van der Waals surface area contributed by atoms with Crippen molar-refractivity contribution in [3.8, 4) is 6.07 Å². The van der Waals surface area contributed by atoms with Crippen LogP contribution in [0.4, 0.5) is 0 Å². The van der Waals surface area contributed by atoms with Gasteiger partial charge in [0.25, 0.3) is 0 Å². The van der Waals surface area contributed by atoms with Gasteiger partial charge in [-0.25, -0.2) is 0 Å². The van der Waals surface area contributed by atoms with Crippen molar-refractivity contribution in [1.29, 1.82) is 5.26 Å². The summed E-state index contributed by atoms with van der Waals surface area (Å²) in [6.07, 6.45) is 4.07. The SMILES string of the molecule is CCNC(C#N)(CC)CCCOC(C)CC(C)C. The smallest absolute Gasteiger partial charge is 0.106 e. The molecule has 0 spiro atoms. The van der Waals surface area contributed by atoms with Gasteiger partial charge in [-0.05, 0) is 45.1 Å². The van der Waals surface area contributed by atoms with Crippen LogP contribution in [0.15, 0.2) is 0 Å². The second-order valence-electron chi connectivity index (χ2n) is 5.49. The molecule has 2 atom stereocenters. The first-order chi connectivity index (χ1) is 8.49. The van der Waals surface area contributed by atoms with Crippen molar-refractivity contribution in [2.45, 2.75) is 71.9 Å². The molecule has 0 rings (SSSR count). The van der Waals surface area contributed by atoms with Crippen molar-refractivity contribution in [1.82, 2.24) is 5.32 Å². The Morgan fingerprint density at radius 3 is 2.39 bits per heavy atom. The summed E-state index contributed by atoms with van der Waals surface area (Å²) in [5, 5.41) is 12.6. The lowest BCUT2D eigenvalue weighted by Gasteiger charge is -2.26. The van der Waals surface area contributed by atoms with E-state index in [4.69, 9.17) is 4.74 Å². The molecule has 1 N–H and O–H groups in total. The Hall–Kier alpha value is -0.590. The predicted molar refractivity (Wildman–Crippen MR) is 76.4 cm³/mol. The number of rotatable bonds is 10. The van der Waals surface area contributed by atoms with Crippen LogP contribution in [0.2, 0.25) is 0 Å². The maximum atomic E-state index is 9.28. The van der Waals surface area contributed by atoms with Crippen LogP contribution >= 0.6 is 0 Å². The van der Waals surface area contributed by atoms with Crippen LogP contribution in [0, 0.1) is 17.2 Å². The van der Waals surface area contributed by atoms with Gasteiger partial charge in [-0.15, -0.1) is 0 Å². The number of nitriles is 1. The van der Waals surface area contributed by atoms with E-state index < -0.39 is 0 Å². The highest BCUT2D eigenvalue weighted by Gasteiger charge is 2.25. The minimum atomic E-state index is -0.362. The second kappa shape index (κ2) is 9.35. The third-order valence-electron chi connectivity index (χ3n) is 3.29. The molecule has 3 heteroatoms. The van der Waals surface area contributed by atoms with Crippen molar-refractivity contribution in [3.05, 3.63) is 0 Å². The summed E-state index contributed by atoms with van der Waals surface area (Å²) in [6, 6.07) is 2.42. The van der Waals surface area contributed by atoms with E-state index in [1.54, 1.807) is 0 Å². The Labute approximate surface area is 113 Å². The molecule has 2 unspecified atom stereocenters. The minimum absolute atomic E-state index is 0.322. The van der Waals surface area contributed by atoms with Gasteiger partial charge in [0.15, 0.2) is 0 Å². The highest BCUT2D eigenvalue weighted by molar-refractivity contribution is 5.05. The van der Waals surface area contributed by atoms with Crippen LogP contribution in [-0.2, 0) is 4.74 Å². The van der Waals surface area contributed by atoms with E-state index in [0.29, 0.717) is 12.0 Å². The predicted octanol–water partition coefficient (Wildman–Crippen LogP) is 3.50. The molecule has 0 bridgehead atoms. The first-order valence-corrected chi connectivity index (χ1v) is 7.27. The molecule has 0 aromatic rings. The van der Waals surface area contributed by atoms with Crippen molar-refractivity contribution >= 4 is 0 Å². The molecule has 0 aromatic carbocycles. The number of ether oxygens (including phenoxy) is 1. The zero-order chi connectivity index (χ0) is 14.0. The molecular weight excluding hydrogens is 224 g/mol. The lowest BCUT2D eigenvalue weighted by molar-refractivity contribution is 0.0471. The van der Waals surface area contributed by atoms with Crippen molar-refractivity contribution in [3.63, 3.8) is 0 Å². The van der Waals surface area contributed by atoms with Crippen LogP contribution in [0.1, 0.15) is 60.3 Å². The van der Waals surface area contributed by atoms with E-state index >= 15 is 0 Å². The quantitative estimate of drug-likeness (QED) is 0.607. The van der Waals surface area contributed by atoms with Crippen LogP contribution in [0.3, 0.4) is 0 Å². The minimum Gasteiger partial charge on any atom is -0.378 e. The summed E-state index contributed by atoms with van der Waals surface area (Å²) in [6.45, 7) is 12.2. The molecule has 18 heavy (non-hydrogen) atoms. The lowest BCUT2D eigenvalue weighted by atomic mass is 9.92. The van der Waals surface area contributed by atoms with E-state index in [2.05, 4.69) is 39.1 Å². The molecule has 0 aliphatic carbocycles. The third kappa shape index (κ3) is 6.98. The molecule has 0 radical (unpaired) electrons. The highest BCUT2D eigenvalue weighted by atomic mass is 16.5. The molecule has 0 aliphatic rings. The Kier molecular flexibility index (Phi) is 9.05. The molecule has 3 nitrogen and oxygen atoms in total. The van der Waals surface area contributed by atoms with Gasteiger partial charge in [0.1, 0.15) is 5.54 Å². The summed E-state index contributed by atoms with van der Waals surface area (Å²) >= 11 is 0. The molecule has 0 saturated heterocycles. The van der Waals surface area contributed by atoms with E-state index in [9.17, 15) is 5.26 Å². The summed E-state index contributed by atoms with van der Waals surface area (Å²) in [4.78, 5) is 0. The van der Waals surface area contributed by atoms with Gasteiger partial charge in [0, 0.05) is 6.61 Å². The van der Waals surface area contributed by atoms with E-state index in [0.717, 1.165) is 38.8 Å². The van der Waals surface area contributed by atoms with Crippen molar-refractivity contribution in [2.24, 2.45) is 5.92 Å². The third-order valence-corrected chi connectivity index (χ3v) is 3.29. The van der Waals surface area contributed by atoms with Crippen LogP contribution in [-0.4, -0.2) is 24.8 Å². The fourth-order valence-electron chi connectivity index (χ4n) is 2.29. The standard InChI is InChI=1S/C15H30N2O/c1-6-15(12-16,17-7-2)9-8-10-18-14(5)11-13(3)4/h13-14,17H,6-11H2,1-5H3. The van der Waals surface area contributed by atoms with Crippen LogP contribution in [0.5, 0.6) is 0 Å². The number of hydrogen-bond donors (Lipinski definition) is 1. The molecule has 106 valence electrons. The maximum Gasteiger partial charge on any atom is 0.106 e. The maximum absolute atomic E-state index is 9.28. The number of hydrogen-bond acceptors (Lipinski definition) is 3. The number of nitrogens with one attached hydrogen (secondary N) is 1. The molecular formula is C15H30N2O. The average Bonchev–Trinajstić information content (AvgIpc) is 2.32. The van der Waals surface area contributed by atoms with E-state index in [1.165, 1.54) is 0 Å². The largest absolute Gasteiger partial charge is 0.378 e. The first-order valence-electron chi connectivity index (χ1n) is 7.27.